The van der Waals surface area contributed by atoms with Crippen LogP contribution >= 0.6 is 15.9 Å². The highest BCUT2D eigenvalue weighted by molar-refractivity contribution is 9.10. The summed E-state index contributed by atoms with van der Waals surface area (Å²) < 4.78 is 12.8. The van der Waals surface area contributed by atoms with Gasteiger partial charge in [0.15, 0.2) is 11.5 Å². The Bertz CT molecular complexity index is 1030. The van der Waals surface area contributed by atoms with Crippen molar-refractivity contribution in [2.24, 2.45) is 0 Å². The van der Waals surface area contributed by atoms with Gasteiger partial charge in [0.2, 0.25) is 0 Å². The molecule has 3 rings (SSSR count). The Morgan fingerprint density at radius 3 is 2.39 bits per heavy atom. The Morgan fingerprint density at radius 2 is 1.71 bits per heavy atom. The van der Waals surface area contributed by atoms with Crippen LogP contribution in [-0.4, -0.2) is 17.7 Å². The number of ether oxygens (including phenoxy) is 2. The van der Waals surface area contributed by atoms with Crippen molar-refractivity contribution in [3.8, 4) is 11.5 Å². The van der Waals surface area contributed by atoms with Crippen LogP contribution in [0.2, 0.25) is 0 Å². The summed E-state index contributed by atoms with van der Waals surface area (Å²) in [5.41, 5.74) is 4.67. The van der Waals surface area contributed by atoms with Crippen molar-refractivity contribution in [3.63, 3.8) is 0 Å². The fraction of sp³-hybridized carbons (Fsp3) is 0.240. The number of benzene rings is 3. The van der Waals surface area contributed by atoms with E-state index in [0.717, 1.165) is 21.2 Å². The molecule has 0 aliphatic carbocycles. The molecule has 162 valence electrons. The van der Waals surface area contributed by atoms with Crippen LogP contribution in [0.15, 0.2) is 65.1 Å². The number of nitrogens with one attached hydrogen (secondary N) is 1. The van der Waals surface area contributed by atoms with Crippen LogP contribution in [-0.2, 0) is 19.7 Å². The lowest BCUT2D eigenvalue weighted by Crippen LogP contribution is -2.13. The van der Waals surface area contributed by atoms with Crippen LogP contribution in [0.3, 0.4) is 0 Å². The van der Waals surface area contributed by atoms with Crippen molar-refractivity contribution >= 4 is 21.9 Å². The molecular formula is C25H26BrNO4. The summed E-state index contributed by atoms with van der Waals surface area (Å²) in [4.78, 5) is 11.0. The van der Waals surface area contributed by atoms with Crippen molar-refractivity contribution in [1.82, 2.24) is 5.32 Å². The predicted octanol–water partition coefficient (Wildman–Crippen LogP) is 5.72. The van der Waals surface area contributed by atoms with Gasteiger partial charge >= 0.3 is 5.97 Å². The number of carboxylic acids is 1. The van der Waals surface area contributed by atoms with Crippen molar-refractivity contribution < 1.29 is 19.4 Å². The van der Waals surface area contributed by atoms with Crippen LogP contribution in [0.5, 0.6) is 11.5 Å². The van der Waals surface area contributed by atoms with Crippen LogP contribution in [0.25, 0.3) is 0 Å². The molecule has 6 heteroatoms. The highest BCUT2D eigenvalue weighted by atomic mass is 79.9. The van der Waals surface area contributed by atoms with E-state index in [2.05, 4.69) is 40.3 Å². The van der Waals surface area contributed by atoms with E-state index < -0.39 is 5.97 Å². The minimum atomic E-state index is -0.919. The summed E-state index contributed by atoms with van der Waals surface area (Å²) in [6, 6.07) is 19.1. The van der Waals surface area contributed by atoms with Crippen molar-refractivity contribution in [3.05, 3.63) is 93.0 Å². The van der Waals surface area contributed by atoms with Crippen molar-refractivity contribution in [2.45, 2.75) is 33.5 Å². The number of carboxylic acid groups (broad SMARTS) is 1. The molecule has 0 atom stereocenters. The zero-order chi connectivity index (χ0) is 22.2. The first kappa shape index (κ1) is 22.8. The zero-order valence-electron chi connectivity index (χ0n) is 17.7. The second kappa shape index (κ2) is 11.0. The molecule has 3 aromatic carbocycles. The van der Waals surface area contributed by atoms with Gasteiger partial charge < -0.3 is 19.9 Å². The number of carbonyl (C=O) groups is 1. The zero-order valence-corrected chi connectivity index (χ0v) is 19.2. The SMILES string of the molecule is CCOc1cc(CNCc2ccc(C(=O)O)cc2)cc(Br)c1OCc1cccc(C)c1. The average molecular weight is 484 g/mol. The second-order valence-electron chi connectivity index (χ2n) is 7.22. The highest BCUT2D eigenvalue weighted by Crippen LogP contribution is 2.37. The van der Waals surface area contributed by atoms with E-state index in [4.69, 9.17) is 14.6 Å². The van der Waals surface area contributed by atoms with E-state index in [9.17, 15) is 4.79 Å². The molecular weight excluding hydrogens is 458 g/mol. The molecule has 31 heavy (non-hydrogen) atoms. The standard InChI is InChI=1S/C25H26BrNO4/c1-3-30-23-13-20(15-27-14-18-7-9-21(10-8-18)25(28)29)12-22(26)24(23)31-16-19-6-4-5-17(2)11-19/h4-13,27H,3,14-16H2,1-2H3,(H,28,29). The smallest absolute Gasteiger partial charge is 0.335 e. The summed E-state index contributed by atoms with van der Waals surface area (Å²) in [5, 5.41) is 12.4. The number of hydrogen-bond acceptors (Lipinski definition) is 4. The highest BCUT2D eigenvalue weighted by Gasteiger charge is 2.13. The molecule has 5 nitrogen and oxygen atoms in total. The van der Waals surface area contributed by atoms with Crippen LogP contribution in [0.1, 0.15) is 39.5 Å². The predicted molar refractivity (Wildman–Crippen MR) is 125 cm³/mol. The lowest BCUT2D eigenvalue weighted by Gasteiger charge is -2.16. The molecule has 0 aliphatic rings. The Morgan fingerprint density at radius 1 is 0.968 bits per heavy atom. The maximum atomic E-state index is 11.0. The largest absolute Gasteiger partial charge is 0.490 e. The van der Waals surface area contributed by atoms with E-state index >= 15 is 0 Å². The first-order chi connectivity index (χ1) is 15.0. The molecule has 0 saturated carbocycles. The number of hydrogen-bond donors (Lipinski definition) is 2. The Kier molecular flexibility index (Phi) is 8.09. The minimum Gasteiger partial charge on any atom is -0.490 e. The molecule has 0 amide bonds. The fourth-order valence-corrected chi connectivity index (χ4v) is 3.80. The third-order valence-electron chi connectivity index (χ3n) is 4.69. The fourth-order valence-electron chi connectivity index (χ4n) is 3.20. The monoisotopic (exact) mass is 483 g/mol. The Balaban J connectivity index is 1.65. The quantitative estimate of drug-likeness (QED) is 0.385. The van der Waals surface area contributed by atoms with E-state index in [1.54, 1.807) is 12.1 Å². The molecule has 0 aromatic heterocycles. The third-order valence-corrected chi connectivity index (χ3v) is 5.28. The van der Waals surface area contributed by atoms with Crippen LogP contribution in [0, 0.1) is 6.92 Å². The third kappa shape index (κ3) is 6.57. The average Bonchev–Trinajstić information content (AvgIpc) is 2.74. The molecule has 0 unspecified atom stereocenters. The first-order valence-electron chi connectivity index (χ1n) is 10.1. The molecule has 0 bridgehead atoms. The molecule has 0 fully saturated rings. The van der Waals surface area contributed by atoms with Crippen molar-refractivity contribution in [1.29, 1.82) is 0 Å². The molecule has 0 saturated heterocycles. The lowest BCUT2D eigenvalue weighted by molar-refractivity contribution is 0.0697. The van der Waals surface area contributed by atoms with Crippen LogP contribution < -0.4 is 14.8 Å². The Hall–Kier alpha value is -2.83. The van der Waals surface area contributed by atoms with Gasteiger partial charge in [-0.25, -0.2) is 4.79 Å². The first-order valence-corrected chi connectivity index (χ1v) is 10.9. The molecule has 2 N–H and O–H groups in total. The van der Waals surface area contributed by atoms with Crippen molar-refractivity contribution in [2.75, 3.05) is 6.61 Å². The van der Waals surface area contributed by atoms with E-state index in [-0.39, 0.29) is 5.56 Å². The van der Waals surface area contributed by atoms with E-state index in [1.807, 2.05) is 43.3 Å². The van der Waals surface area contributed by atoms with Gasteiger partial charge in [-0.05, 0) is 70.7 Å². The molecule has 0 heterocycles. The summed E-state index contributed by atoms with van der Waals surface area (Å²) in [7, 11) is 0. The van der Waals surface area contributed by atoms with E-state index in [0.29, 0.717) is 37.8 Å². The van der Waals surface area contributed by atoms with E-state index in [1.165, 1.54) is 5.56 Å². The normalized spacial score (nSPS) is 10.7. The topological polar surface area (TPSA) is 67.8 Å². The van der Waals surface area contributed by atoms with Gasteiger partial charge in [0, 0.05) is 13.1 Å². The van der Waals surface area contributed by atoms with Gasteiger partial charge in [0.05, 0.1) is 16.6 Å². The van der Waals surface area contributed by atoms with Gasteiger partial charge in [0.25, 0.3) is 0 Å². The van der Waals surface area contributed by atoms with Gasteiger partial charge in [0.1, 0.15) is 6.61 Å². The summed E-state index contributed by atoms with van der Waals surface area (Å²) in [6.45, 7) is 6.28. The lowest BCUT2D eigenvalue weighted by atomic mass is 10.1. The Labute approximate surface area is 191 Å². The summed E-state index contributed by atoms with van der Waals surface area (Å²) >= 11 is 3.63. The summed E-state index contributed by atoms with van der Waals surface area (Å²) in [6.07, 6.45) is 0. The maximum absolute atomic E-state index is 11.0. The van der Waals surface area contributed by atoms with Gasteiger partial charge in [-0.3, -0.25) is 0 Å². The number of aromatic carboxylic acids is 1. The minimum absolute atomic E-state index is 0.287. The maximum Gasteiger partial charge on any atom is 0.335 e. The van der Waals surface area contributed by atoms with Gasteiger partial charge in [-0.2, -0.15) is 0 Å². The number of rotatable bonds is 10. The molecule has 3 aromatic rings. The van der Waals surface area contributed by atoms with Gasteiger partial charge in [-0.15, -0.1) is 0 Å². The number of halogens is 1. The number of aryl methyl sites for hydroxylation is 1. The molecule has 0 radical (unpaired) electrons. The molecule has 0 spiro atoms. The summed E-state index contributed by atoms with van der Waals surface area (Å²) in [5.74, 6) is 0.473. The molecule has 0 aliphatic heterocycles. The van der Waals surface area contributed by atoms with Gasteiger partial charge in [-0.1, -0.05) is 42.0 Å². The van der Waals surface area contributed by atoms with Crippen LogP contribution in [0.4, 0.5) is 0 Å². The second-order valence-corrected chi connectivity index (χ2v) is 8.08.